The molecule has 1 aliphatic rings. The van der Waals surface area contributed by atoms with Crippen molar-refractivity contribution in [3.8, 4) is 0 Å². The lowest BCUT2D eigenvalue weighted by molar-refractivity contribution is -0.129. The molecule has 0 aromatic heterocycles. The van der Waals surface area contributed by atoms with Gasteiger partial charge in [-0.25, -0.2) is 0 Å². The van der Waals surface area contributed by atoms with E-state index in [1.54, 1.807) is 0 Å². The number of amides is 1. The van der Waals surface area contributed by atoms with E-state index in [0.717, 1.165) is 5.56 Å². The quantitative estimate of drug-likeness (QED) is 0.476. The second-order valence-electron chi connectivity index (χ2n) is 5.77. The number of likely N-dealkylation sites (tertiary alicyclic amines) is 1. The Kier molecular flexibility index (Phi) is 3.98. The first-order valence-corrected chi connectivity index (χ1v) is 7.48. The van der Waals surface area contributed by atoms with Gasteiger partial charge in [0.25, 0.3) is 0 Å². The summed E-state index contributed by atoms with van der Waals surface area (Å²) in [4.78, 5) is 17.0. The van der Waals surface area contributed by atoms with Crippen LogP contribution < -0.4 is 0 Å². The normalized spacial score (nSPS) is 19.2. The third kappa shape index (κ3) is 2.63. The lowest BCUT2D eigenvalue weighted by atomic mass is 9.99. The zero-order valence-corrected chi connectivity index (χ0v) is 12.5. The second-order valence-corrected chi connectivity index (χ2v) is 5.77. The standard InChI is InChI=1S/C17H18N4O/c1-12(21-11-13(9-17(21)22)10-19-20-18)15-8-4-6-14-5-2-3-7-16(14)15/h2-8,12-13H,9-11H2,1H3/t12-,13?/m0/s1. The van der Waals surface area contributed by atoms with E-state index in [0.29, 0.717) is 19.5 Å². The molecule has 3 rings (SSSR count). The molecule has 5 heteroatoms. The monoisotopic (exact) mass is 294 g/mol. The summed E-state index contributed by atoms with van der Waals surface area (Å²) in [5, 5.41) is 5.97. The maximum Gasteiger partial charge on any atom is 0.223 e. The van der Waals surface area contributed by atoms with Crippen LogP contribution in [0.4, 0.5) is 0 Å². The fraction of sp³-hybridized carbons (Fsp3) is 0.353. The molecule has 1 heterocycles. The van der Waals surface area contributed by atoms with Gasteiger partial charge in [-0.3, -0.25) is 4.79 Å². The summed E-state index contributed by atoms with van der Waals surface area (Å²) in [5.41, 5.74) is 9.59. The molecule has 0 saturated carbocycles. The number of hydrogen-bond acceptors (Lipinski definition) is 2. The van der Waals surface area contributed by atoms with E-state index < -0.39 is 0 Å². The highest BCUT2D eigenvalue weighted by Gasteiger charge is 2.33. The molecule has 2 aromatic rings. The van der Waals surface area contributed by atoms with Gasteiger partial charge in [0.2, 0.25) is 5.91 Å². The van der Waals surface area contributed by atoms with E-state index in [9.17, 15) is 4.79 Å². The van der Waals surface area contributed by atoms with Crippen LogP contribution in [0.15, 0.2) is 47.6 Å². The molecule has 1 unspecified atom stereocenters. The molecule has 0 N–H and O–H groups in total. The summed E-state index contributed by atoms with van der Waals surface area (Å²) >= 11 is 0. The molecule has 1 fully saturated rings. The predicted molar refractivity (Wildman–Crippen MR) is 86.2 cm³/mol. The van der Waals surface area contributed by atoms with Crippen molar-refractivity contribution in [1.29, 1.82) is 0 Å². The maximum atomic E-state index is 12.3. The number of azide groups is 1. The van der Waals surface area contributed by atoms with Crippen LogP contribution in [0, 0.1) is 5.92 Å². The van der Waals surface area contributed by atoms with Crippen molar-refractivity contribution in [2.75, 3.05) is 13.1 Å². The Labute approximate surface area is 129 Å². The van der Waals surface area contributed by atoms with Crippen molar-refractivity contribution in [3.05, 3.63) is 58.5 Å². The first-order chi connectivity index (χ1) is 10.7. The van der Waals surface area contributed by atoms with Crippen LogP contribution in [0.2, 0.25) is 0 Å². The first kappa shape index (κ1) is 14.4. The molecule has 2 atom stereocenters. The molecule has 0 spiro atoms. The molecule has 2 aromatic carbocycles. The van der Waals surface area contributed by atoms with Crippen LogP contribution in [0.5, 0.6) is 0 Å². The summed E-state index contributed by atoms with van der Waals surface area (Å²) in [7, 11) is 0. The van der Waals surface area contributed by atoms with Crippen LogP contribution in [-0.2, 0) is 4.79 Å². The van der Waals surface area contributed by atoms with Crippen LogP contribution in [0.1, 0.15) is 24.9 Å². The molecule has 112 valence electrons. The minimum atomic E-state index is 0.0228. The van der Waals surface area contributed by atoms with Gasteiger partial charge in [-0.2, -0.15) is 0 Å². The van der Waals surface area contributed by atoms with Gasteiger partial charge in [0.1, 0.15) is 0 Å². The molecule has 0 bridgehead atoms. The van der Waals surface area contributed by atoms with Gasteiger partial charge in [0.05, 0.1) is 6.04 Å². The number of rotatable bonds is 4. The van der Waals surface area contributed by atoms with Crippen molar-refractivity contribution in [1.82, 2.24) is 4.90 Å². The molecular formula is C17H18N4O. The van der Waals surface area contributed by atoms with Crippen LogP contribution in [-0.4, -0.2) is 23.9 Å². The number of fused-ring (bicyclic) bond motifs is 1. The first-order valence-electron chi connectivity index (χ1n) is 7.48. The van der Waals surface area contributed by atoms with E-state index in [1.807, 2.05) is 23.1 Å². The Bertz CT molecular complexity index is 746. The smallest absolute Gasteiger partial charge is 0.223 e. The summed E-state index contributed by atoms with van der Waals surface area (Å²) < 4.78 is 0. The number of nitrogens with zero attached hydrogens (tertiary/aromatic N) is 4. The van der Waals surface area contributed by atoms with Gasteiger partial charge in [0.15, 0.2) is 0 Å². The summed E-state index contributed by atoms with van der Waals surface area (Å²) in [6.07, 6.45) is 0.466. The molecular weight excluding hydrogens is 276 g/mol. The molecule has 1 saturated heterocycles. The Morgan fingerprint density at radius 3 is 2.91 bits per heavy atom. The van der Waals surface area contributed by atoms with E-state index >= 15 is 0 Å². The van der Waals surface area contributed by atoms with Crippen molar-refractivity contribution >= 4 is 16.7 Å². The van der Waals surface area contributed by atoms with E-state index in [2.05, 4.69) is 41.2 Å². The highest BCUT2D eigenvalue weighted by molar-refractivity contribution is 5.87. The SMILES string of the molecule is C[C@@H](c1cccc2ccccc12)N1CC(CN=[N+]=[N-])CC1=O. The van der Waals surface area contributed by atoms with Crippen molar-refractivity contribution in [2.45, 2.75) is 19.4 Å². The Morgan fingerprint density at radius 1 is 1.32 bits per heavy atom. The summed E-state index contributed by atoms with van der Waals surface area (Å²) in [5.74, 6) is 0.263. The average molecular weight is 294 g/mol. The van der Waals surface area contributed by atoms with Crippen LogP contribution in [0.25, 0.3) is 21.2 Å². The second kappa shape index (κ2) is 6.08. The van der Waals surface area contributed by atoms with E-state index in [4.69, 9.17) is 5.53 Å². The summed E-state index contributed by atoms with van der Waals surface area (Å²) in [6.45, 7) is 3.11. The number of hydrogen-bond donors (Lipinski definition) is 0. The zero-order chi connectivity index (χ0) is 15.5. The highest BCUT2D eigenvalue weighted by Crippen LogP contribution is 2.32. The molecule has 5 nitrogen and oxygen atoms in total. The molecule has 0 radical (unpaired) electrons. The lowest BCUT2D eigenvalue weighted by Crippen LogP contribution is -2.28. The zero-order valence-electron chi connectivity index (χ0n) is 12.5. The highest BCUT2D eigenvalue weighted by atomic mass is 16.2. The van der Waals surface area contributed by atoms with Gasteiger partial charge >= 0.3 is 0 Å². The third-order valence-electron chi connectivity index (χ3n) is 4.38. The van der Waals surface area contributed by atoms with Crippen molar-refractivity contribution in [2.24, 2.45) is 11.0 Å². The van der Waals surface area contributed by atoms with Crippen LogP contribution in [0.3, 0.4) is 0 Å². The molecule has 0 aliphatic carbocycles. The Morgan fingerprint density at radius 2 is 2.09 bits per heavy atom. The average Bonchev–Trinajstić information content (AvgIpc) is 2.92. The molecule has 1 aliphatic heterocycles. The lowest BCUT2D eigenvalue weighted by Gasteiger charge is -2.26. The van der Waals surface area contributed by atoms with Gasteiger partial charge in [-0.05, 0) is 34.7 Å². The van der Waals surface area contributed by atoms with Gasteiger partial charge in [0, 0.05) is 24.4 Å². The third-order valence-corrected chi connectivity index (χ3v) is 4.38. The molecule has 22 heavy (non-hydrogen) atoms. The Hall–Kier alpha value is -2.52. The minimum absolute atomic E-state index is 0.0228. The van der Waals surface area contributed by atoms with E-state index in [1.165, 1.54) is 10.8 Å². The topological polar surface area (TPSA) is 69.1 Å². The number of carbonyl (C=O) groups excluding carboxylic acids is 1. The van der Waals surface area contributed by atoms with Gasteiger partial charge in [-0.15, -0.1) is 0 Å². The van der Waals surface area contributed by atoms with Gasteiger partial charge in [-0.1, -0.05) is 47.6 Å². The number of carbonyl (C=O) groups is 1. The maximum absolute atomic E-state index is 12.3. The minimum Gasteiger partial charge on any atom is -0.336 e. The van der Waals surface area contributed by atoms with Crippen LogP contribution >= 0.6 is 0 Å². The summed E-state index contributed by atoms with van der Waals surface area (Å²) in [6, 6.07) is 14.5. The van der Waals surface area contributed by atoms with Crippen molar-refractivity contribution < 1.29 is 4.79 Å². The Balaban J connectivity index is 1.88. The van der Waals surface area contributed by atoms with E-state index in [-0.39, 0.29) is 17.9 Å². The van der Waals surface area contributed by atoms with Crippen molar-refractivity contribution in [3.63, 3.8) is 0 Å². The fourth-order valence-electron chi connectivity index (χ4n) is 3.24. The predicted octanol–water partition coefficient (Wildman–Crippen LogP) is 4.06. The van der Waals surface area contributed by atoms with Gasteiger partial charge < -0.3 is 4.90 Å². The molecule has 1 amide bonds. The largest absolute Gasteiger partial charge is 0.336 e. The fourth-order valence-corrected chi connectivity index (χ4v) is 3.24. The number of benzene rings is 2.